The quantitative estimate of drug-likeness (QED) is 0.371. The Labute approximate surface area is 269 Å². The zero-order valence-electron chi connectivity index (χ0n) is 28.7. The number of ether oxygens (including phenoxy) is 5. The lowest BCUT2D eigenvalue weighted by molar-refractivity contribution is -0.405. The molecule has 17 unspecified atom stereocenters. The van der Waals surface area contributed by atoms with Crippen LogP contribution in [0.5, 0.6) is 0 Å². The Morgan fingerprint density at radius 1 is 0.956 bits per heavy atom. The number of allylic oxidation sites excluding steroid dienone is 1. The van der Waals surface area contributed by atoms with Crippen molar-refractivity contribution in [2.75, 3.05) is 13.7 Å². The second-order valence-electron chi connectivity index (χ2n) is 18.1. The number of aliphatic hydroxyl groups is 3. The minimum atomic E-state index is -1.26. The molecule has 1 spiro atoms. The van der Waals surface area contributed by atoms with Gasteiger partial charge in [-0.05, 0) is 90.3 Å². The zero-order chi connectivity index (χ0) is 32.1. The molecule has 9 fully saturated rings. The molecular formula is C37H58O8. The standard InChI is InChI=1S/C37H58O8/c1-18(2)20-15-22(42-31-28(40)27(39)29(41-8)23(17-38)43-31)30-34(20,5)13-14-35(6)26-19(9-11-36(30,35)7)37-12-10-25-33(3,4)24(37)16-21(26)44-32(37)45-25/h9,18,20-32,38-40H,10-17H2,1-8H3. The Bertz CT molecular complexity index is 1230. The van der Waals surface area contributed by atoms with Crippen LogP contribution in [0.25, 0.3) is 0 Å². The van der Waals surface area contributed by atoms with Crippen molar-refractivity contribution < 1.29 is 39.0 Å². The van der Waals surface area contributed by atoms with E-state index in [9.17, 15) is 15.3 Å². The van der Waals surface area contributed by atoms with Crippen LogP contribution in [0.2, 0.25) is 0 Å². The molecule has 5 bridgehead atoms. The van der Waals surface area contributed by atoms with Crippen LogP contribution in [-0.2, 0) is 23.7 Å². The van der Waals surface area contributed by atoms with Gasteiger partial charge in [0.05, 0.1) is 24.9 Å². The van der Waals surface area contributed by atoms with E-state index in [-0.39, 0.29) is 64.2 Å². The second kappa shape index (κ2) is 9.99. The molecule has 8 heteroatoms. The van der Waals surface area contributed by atoms with Crippen molar-refractivity contribution in [3.63, 3.8) is 0 Å². The molecule has 0 aromatic rings. The Morgan fingerprint density at radius 3 is 2.40 bits per heavy atom. The third-order valence-corrected chi connectivity index (χ3v) is 16.1. The van der Waals surface area contributed by atoms with Gasteiger partial charge in [-0.3, -0.25) is 0 Å². The first-order valence-electron chi connectivity index (χ1n) is 18.0. The van der Waals surface area contributed by atoms with Gasteiger partial charge < -0.3 is 39.0 Å². The lowest BCUT2D eigenvalue weighted by atomic mass is 9.33. The first-order valence-corrected chi connectivity index (χ1v) is 18.0. The van der Waals surface area contributed by atoms with Gasteiger partial charge in [0.15, 0.2) is 12.6 Å². The molecule has 0 aromatic heterocycles. The first kappa shape index (κ1) is 31.7. The zero-order valence-corrected chi connectivity index (χ0v) is 28.7. The predicted octanol–water partition coefficient (Wildman–Crippen LogP) is 4.83. The van der Waals surface area contributed by atoms with E-state index in [0.717, 1.165) is 38.5 Å². The molecule has 0 aromatic carbocycles. The summed E-state index contributed by atoms with van der Waals surface area (Å²) in [6.45, 7) is 16.9. The molecule has 5 aliphatic heterocycles. The van der Waals surface area contributed by atoms with E-state index in [1.54, 1.807) is 5.57 Å². The van der Waals surface area contributed by atoms with E-state index in [2.05, 4.69) is 54.5 Å². The Morgan fingerprint density at radius 2 is 1.71 bits per heavy atom. The van der Waals surface area contributed by atoms with Gasteiger partial charge in [0.1, 0.15) is 24.4 Å². The summed E-state index contributed by atoms with van der Waals surface area (Å²) in [5, 5.41) is 32.2. The number of methoxy groups -OCH3 is 1. The maximum atomic E-state index is 11.2. The van der Waals surface area contributed by atoms with Crippen LogP contribution in [0.4, 0.5) is 0 Å². The number of fused-ring (bicyclic) bond motifs is 4. The predicted molar refractivity (Wildman–Crippen MR) is 167 cm³/mol. The average molecular weight is 631 g/mol. The summed E-state index contributed by atoms with van der Waals surface area (Å²) in [6, 6.07) is 0. The van der Waals surface area contributed by atoms with Crippen molar-refractivity contribution in [2.24, 2.45) is 56.7 Å². The molecule has 5 aliphatic carbocycles. The summed E-state index contributed by atoms with van der Waals surface area (Å²) >= 11 is 0. The molecule has 10 rings (SSSR count). The lowest BCUT2D eigenvalue weighted by Gasteiger charge is -2.76. The van der Waals surface area contributed by atoms with Gasteiger partial charge in [0.25, 0.3) is 0 Å². The van der Waals surface area contributed by atoms with Crippen molar-refractivity contribution in [1.82, 2.24) is 0 Å². The second-order valence-corrected chi connectivity index (χ2v) is 18.1. The molecule has 45 heavy (non-hydrogen) atoms. The Kier molecular flexibility index (Phi) is 7.03. The van der Waals surface area contributed by atoms with Crippen LogP contribution in [0.3, 0.4) is 0 Å². The number of hydrogen-bond donors (Lipinski definition) is 3. The highest BCUT2D eigenvalue weighted by atomic mass is 16.7. The smallest absolute Gasteiger partial charge is 0.186 e. The fourth-order valence-electron chi connectivity index (χ4n) is 13.9. The van der Waals surface area contributed by atoms with Crippen molar-refractivity contribution in [3.05, 3.63) is 11.6 Å². The van der Waals surface area contributed by atoms with E-state index < -0.39 is 30.7 Å². The molecule has 3 N–H and O–H groups in total. The minimum absolute atomic E-state index is 0.0117. The topological polar surface area (TPSA) is 107 Å². The average Bonchev–Trinajstić information content (AvgIpc) is 3.31. The third-order valence-electron chi connectivity index (χ3n) is 16.1. The van der Waals surface area contributed by atoms with Crippen LogP contribution >= 0.6 is 0 Å². The highest BCUT2D eigenvalue weighted by molar-refractivity contribution is 5.39. The van der Waals surface area contributed by atoms with Gasteiger partial charge in [0.2, 0.25) is 0 Å². The summed E-state index contributed by atoms with van der Waals surface area (Å²) < 4.78 is 32.2. The molecule has 4 saturated carbocycles. The summed E-state index contributed by atoms with van der Waals surface area (Å²) in [6.07, 6.45) is 5.38. The number of rotatable bonds is 5. The minimum Gasteiger partial charge on any atom is -0.394 e. The van der Waals surface area contributed by atoms with E-state index in [0.29, 0.717) is 23.7 Å². The van der Waals surface area contributed by atoms with E-state index in [4.69, 9.17) is 23.7 Å². The molecular weight excluding hydrogens is 572 g/mol. The maximum absolute atomic E-state index is 11.2. The van der Waals surface area contributed by atoms with Gasteiger partial charge in [-0.2, -0.15) is 0 Å². The molecule has 0 radical (unpaired) electrons. The number of aliphatic hydroxyl groups excluding tert-OH is 3. The Balaban J connectivity index is 1.18. The molecule has 5 heterocycles. The van der Waals surface area contributed by atoms with E-state index >= 15 is 0 Å². The van der Waals surface area contributed by atoms with Crippen LogP contribution in [-0.4, -0.2) is 84.3 Å². The molecule has 0 amide bonds. The monoisotopic (exact) mass is 630 g/mol. The normalized spacial score (nSPS) is 59.0. The largest absolute Gasteiger partial charge is 0.394 e. The fraction of sp³-hybridized carbons (Fsp3) is 0.946. The molecule has 17 atom stereocenters. The van der Waals surface area contributed by atoms with Crippen molar-refractivity contribution in [2.45, 2.75) is 149 Å². The van der Waals surface area contributed by atoms with Gasteiger partial charge in [-0.25, -0.2) is 0 Å². The summed E-state index contributed by atoms with van der Waals surface area (Å²) in [4.78, 5) is 0. The Hall–Kier alpha value is -0.580. The van der Waals surface area contributed by atoms with Crippen LogP contribution in [0, 0.1) is 56.7 Å². The van der Waals surface area contributed by atoms with Crippen LogP contribution in [0.1, 0.15) is 93.4 Å². The van der Waals surface area contributed by atoms with Gasteiger partial charge in [0, 0.05) is 18.4 Å². The van der Waals surface area contributed by atoms with Gasteiger partial charge in [-0.1, -0.05) is 60.1 Å². The highest BCUT2D eigenvalue weighted by Gasteiger charge is 2.77. The van der Waals surface area contributed by atoms with Gasteiger partial charge in [-0.15, -0.1) is 0 Å². The summed E-state index contributed by atoms with van der Waals surface area (Å²) in [7, 11) is 1.46. The fourth-order valence-corrected chi connectivity index (χ4v) is 13.9. The molecule has 254 valence electrons. The van der Waals surface area contributed by atoms with Crippen molar-refractivity contribution in [1.29, 1.82) is 0 Å². The van der Waals surface area contributed by atoms with Crippen molar-refractivity contribution in [3.8, 4) is 0 Å². The molecule has 5 saturated heterocycles. The van der Waals surface area contributed by atoms with Crippen LogP contribution < -0.4 is 0 Å². The van der Waals surface area contributed by atoms with Gasteiger partial charge >= 0.3 is 0 Å². The van der Waals surface area contributed by atoms with Crippen molar-refractivity contribution >= 4 is 0 Å². The SMILES string of the molecule is COC1C(CO)OC(OC2CC(C(C)C)C3(C)CCC4(C)C5C(=CCC4(C)C23)C23CCC4OC2OC5CC3C4(C)C)C(O)C1O. The van der Waals surface area contributed by atoms with Crippen LogP contribution in [0.15, 0.2) is 11.6 Å². The molecule has 10 aliphatic rings. The first-order chi connectivity index (χ1) is 21.2. The number of hydrogen-bond acceptors (Lipinski definition) is 8. The van der Waals surface area contributed by atoms with E-state index in [1.807, 2.05) is 0 Å². The van der Waals surface area contributed by atoms with E-state index in [1.165, 1.54) is 13.5 Å². The summed E-state index contributed by atoms with van der Waals surface area (Å²) in [5.74, 6) is 2.15. The third kappa shape index (κ3) is 3.72. The lowest BCUT2D eigenvalue weighted by Crippen LogP contribution is -2.76. The maximum Gasteiger partial charge on any atom is 0.186 e. The molecule has 8 nitrogen and oxygen atoms in total. The summed E-state index contributed by atoms with van der Waals surface area (Å²) in [5.41, 5.74) is 1.81. The highest BCUT2D eigenvalue weighted by Crippen LogP contribution is 2.79.